The second-order valence-electron chi connectivity index (χ2n) is 4.08. The maximum absolute atomic E-state index is 13.3. The van der Waals surface area contributed by atoms with Crippen LogP contribution in [-0.4, -0.2) is 12.0 Å². The van der Waals surface area contributed by atoms with Gasteiger partial charge in [0.1, 0.15) is 5.69 Å². The molecule has 0 spiro atoms. The first-order valence-electron chi connectivity index (χ1n) is 5.84. The molecule has 0 bridgehead atoms. The van der Waals surface area contributed by atoms with Gasteiger partial charge >= 0.3 is 0 Å². The molecule has 0 heterocycles. The minimum atomic E-state index is -0.565. The third kappa shape index (κ3) is 3.06. The Morgan fingerprint density at radius 1 is 1.33 bits per heavy atom. The summed E-state index contributed by atoms with van der Waals surface area (Å²) >= 11 is 0. The fourth-order valence-corrected chi connectivity index (χ4v) is 1.76. The number of nitrogens with zero attached hydrogens (tertiary/aromatic N) is 2. The Labute approximate surface area is 119 Å². The van der Waals surface area contributed by atoms with Gasteiger partial charge in [0.05, 0.1) is 23.7 Å². The number of rotatable bonds is 4. The van der Waals surface area contributed by atoms with Crippen molar-refractivity contribution in [1.82, 2.24) is 0 Å². The van der Waals surface area contributed by atoms with E-state index in [1.54, 1.807) is 0 Å². The van der Waals surface area contributed by atoms with Crippen LogP contribution in [0.2, 0.25) is 0 Å². The molecule has 0 aromatic heterocycles. The summed E-state index contributed by atoms with van der Waals surface area (Å²) in [6, 6.07) is 9.82. The van der Waals surface area contributed by atoms with Crippen molar-refractivity contribution >= 4 is 17.1 Å². The van der Waals surface area contributed by atoms with Crippen LogP contribution in [0, 0.1) is 27.3 Å². The number of nitrogens with one attached hydrogen (secondary N) is 1. The Kier molecular flexibility index (Phi) is 4.00. The van der Waals surface area contributed by atoms with Crippen LogP contribution in [0.25, 0.3) is 0 Å². The average molecular weight is 287 g/mol. The van der Waals surface area contributed by atoms with Gasteiger partial charge in [-0.15, -0.1) is 0 Å². The predicted octanol–water partition coefficient (Wildman–Crippen LogP) is 3.36. The smallest absolute Gasteiger partial charge is 0.292 e. The van der Waals surface area contributed by atoms with E-state index in [4.69, 9.17) is 10.00 Å². The first kappa shape index (κ1) is 14.3. The minimum absolute atomic E-state index is 0.0130. The van der Waals surface area contributed by atoms with Crippen molar-refractivity contribution in [3.05, 3.63) is 57.9 Å². The van der Waals surface area contributed by atoms with E-state index in [0.717, 1.165) is 0 Å². The van der Waals surface area contributed by atoms with Crippen LogP contribution < -0.4 is 10.1 Å². The Morgan fingerprint density at radius 3 is 2.71 bits per heavy atom. The summed E-state index contributed by atoms with van der Waals surface area (Å²) in [5.41, 5.74) is 0.647. The van der Waals surface area contributed by atoms with Crippen molar-refractivity contribution in [2.45, 2.75) is 0 Å². The molecule has 2 aromatic rings. The number of ether oxygens (including phenoxy) is 1. The SMILES string of the molecule is COc1cc(Nc2cc(C#N)ccc2[N+](=O)[O-])ccc1F. The average Bonchev–Trinajstić information content (AvgIpc) is 2.48. The molecule has 0 radical (unpaired) electrons. The lowest BCUT2D eigenvalue weighted by molar-refractivity contribution is -0.383. The fraction of sp³-hybridized carbons (Fsp3) is 0.0714. The number of benzene rings is 2. The molecule has 106 valence electrons. The van der Waals surface area contributed by atoms with Crippen LogP contribution in [0.3, 0.4) is 0 Å². The summed E-state index contributed by atoms with van der Waals surface area (Å²) in [6.45, 7) is 0. The molecule has 0 amide bonds. The fourth-order valence-electron chi connectivity index (χ4n) is 1.76. The molecule has 2 rings (SSSR count). The number of hydrogen-bond acceptors (Lipinski definition) is 5. The molecule has 0 saturated carbocycles. The van der Waals surface area contributed by atoms with Crippen molar-refractivity contribution in [2.24, 2.45) is 0 Å². The second kappa shape index (κ2) is 5.88. The van der Waals surface area contributed by atoms with Crippen LogP contribution in [0.15, 0.2) is 36.4 Å². The first-order chi connectivity index (χ1) is 10.0. The third-order valence-corrected chi connectivity index (χ3v) is 2.75. The van der Waals surface area contributed by atoms with Gasteiger partial charge in [-0.25, -0.2) is 4.39 Å². The first-order valence-corrected chi connectivity index (χ1v) is 5.84. The lowest BCUT2D eigenvalue weighted by Gasteiger charge is -2.09. The zero-order valence-electron chi connectivity index (χ0n) is 11.0. The quantitative estimate of drug-likeness (QED) is 0.688. The van der Waals surface area contributed by atoms with E-state index in [9.17, 15) is 14.5 Å². The highest BCUT2D eigenvalue weighted by Gasteiger charge is 2.15. The van der Waals surface area contributed by atoms with Gasteiger partial charge in [-0.3, -0.25) is 10.1 Å². The van der Waals surface area contributed by atoms with E-state index in [0.29, 0.717) is 5.69 Å². The highest BCUT2D eigenvalue weighted by atomic mass is 19.1. The van der Waals surface area contributed by atoms with E-state index >= 15 is 0 Å². The summed E-state index contributed by atoms with van der Waals surface area (Å²) in [7, 11) is 1.32. The Bertz CT molecular complexity index is 741. The largest absolute Gasteiger partial charge is 0.494 e. The summed E-state index contributed by atoms with van der Waals surface area (Å²) in [5.74, 6) is -0.526. The maximum atomic E-state index is 13.3. The normalized spacial score (nSPS) is 9.76. The van der Waals surface area contributed by atoms with Gasteiger partial charge in [-0.1, -0.05) is 0 Å². The molecule has 0 saturated heterocycles. The molecule has 21 heavy (non-hydrogen) atoms. The Balaban J connectivity index is 2.43. The van der Waals surface area contributed by atoms with Crippen molar-refractivity contribution in [3.63, 3.8) is 0 Å². The van der Waals surface area contributed by atoms with Crippen LogP contribution >= 0.6 is 0 Å². The van der Waals surface area contributed by atoms with Crippen LogP contribution in [0.4, 0.5) is 21.5 Å². The molecule has 0 unspecified atom stereocenters. The van der Waals surface area contributed by atoms with E-state index in [-0.39, 0.29) is 22.7 Å². The summed E-state index contributed by atoms with van der Waals surface area (Å²) in [4.78, 5) is 10.4. The van der Waals surface area contributed by atoms with E-state index in [1.165, 1.54) is 43.5 Å². The van der Waals surface area contributed by atoms with Gasteiger partial charge in [0.25, 0.3) is 5.69 Å². The molecule has 7 heteroatoms. The predicted molar refractivity (Wildman–Crippen MR) is 74.0 cm³/mol. The second-order valence-corrected chi connectivity index (χ2v) is 4.08. The summed E-state index contributed by atoms with van der Waals surface area (Å²) in [5, 5.41) is 22.6. The number of anilines is 2. The van der Waals surface area contributed by atoms with E-state index < -0.39 is 10.7 Å². The van der Waals surface area contributed by atoms with Crippen molar-refractivity contribution in [3.8, 4) is 11.8 Å². The van der Waals surface area contributed by atoms with Gasteiger partial charge in [0, 0.05) is 17.8 Å². The van der Waals surface area contributed by atoms with Gasteiger partial charge in [-0.2, -0.15) is 5.26 Å². The molecule has 0 aliphatic heterocycles. The number of methoxy groups -OCH3 is 1. The van der Waals surface area contributed by atoms with Crippen molar-refractivity contribution in [2.75, 3.05) is 12.4 Å². The molecule has 0 atom stereocenters. The molecular formula is C14H10FN3O3. The topological polar surface area (TPSA) is 88.2 Å². The highest BCUT2D eigenvalue weighted by molar-refractivity contribution is 5.71. The standard InChI is InChI=1S/C14H10FN3O3/c1-21-14-7-10(3-4-11(14)15)17-12-6-9(8-16)2-5-13(12)18(19)20/h2-7,17H,1H3. The van der Waals surface area contributed by atoms with Crippen LogP contribution in [0.1, 0.15) is 5.56 Å². The molecule has 1 N–H and O–H groups in total. The lowest BCUT2D eigenvalue weighted by Crippen LogP contribution is -1.98. The summed E-state index contributed by atoms with van der Waals surface area (Å²) < 4.78 is 18.2. The van der Waals surface area contributed by atoms with E-state index in [1.807, 2.05) is 6.07 Å². The number of nitro benzene ring substituents is 1. The Morgan fingerprint density at radius 2 is 2.10 bits per heavy atom. The van der Waals surface area contributed by atoms with E-state index in [2.05, 4.69) is 5.32 Å². The van der Waals surface area contributed by atoms with Crippen LogP contribution in [0.5, 0.6) is 5.75 Å². The van der Waals surface area contributed by atoms with Crippen molar-refractivity contribution < 1.29 is 14.1 Å². The molecule has 0 aliphatic carbocycles. The van der Waals surface area contributed by atoms with Gasteiger partial charge in [0.2, 0.25) is 0 Å². The maximum Gasteiger partial charge on any atom is 0.292 e. The molecule has 0 aliphatic rings. The highest BCUT2D eigenvalue weighted by Crippen LogP contribution is 2.30. The zero-order chi connectivity index (χ0) is 15.4. The zero-order valence-corrected chi connectivity index (χ0v) is 11.0. The number of nitro groups is 1. The lowest BCUT2D eigenvalue weighted by atomic mass is 10.1. The number of nitriles is 1. The van der Waals surface area contributed by atoms with Crippen LogP contribution in [-0.2, 0) is 0 Å². The minimum Gasteiger partial charge on any atom is -0.494 e. The summed E-state index contributed by atoms with van der Waals surface area (Å²) in [6.07, 6.45) is 0. The van der Waals surface area contributed by atoms with Gasteiger partial charge in [0.15, 0.2) is 11.6 Å². The van der Waals surface area contributed by atoms with Gasteiger partial charge in [-0.05, 0) is 24.3 Å². The van der Waals surface area contributed by atoms with Gasteiger partial charge < -0.3 is 10.1 Å². The number of halogens is 1. The Hall–Kier alpha value is -3.14. The monoisotopic (exact) mass is 287 g/mol. The van der Waals surface area contributed by atoms with Crippen molar-refractivity contribution in [1.29, 1.82) is 5.26 Å². The molecule has 6 nitrogen and oxygen atoms in total. The molecular weight excluding hydrogens is 277 g/mol. The third-order valence-electron chi connectivity index (χ3n) is 2.75. The molecule has 0 fully saturated rings. The number of hydrogen-bond donors (Lipinski definition) is 1. The molecule has 2 aromatic carbocycles.